The molecule has 1 aromatic carbocycles. The van der Waals surface area contributed by atoms with Crippen molar-refractivity contribution in [2.24, 2.45) is 5.41 Å². The van der Waals surface area contributed by atoms with E-state index in [0.717, 1.165) is 4.47 Å². The standard InChI is InChI=1S/C14H21Br/c1-10-9-11(15)7-8-12(10)14(5,6)13(2,3)4/h7-9H,1-6H3. The molecule has 84 valence electrons. The Balaban J connectivity index is 3.28. The highest BCUT2D eigenvalue weighted by atomic mass is 79.9. The van der Waals surface area contributed by atoms with Crippen molar-refractivity contribution in [1.82, 2.24) is 0 Å². The maximum absolute atomic E-state index is 3.51. The molecule has 1 rings (SSSR count). The maximum atomic E-state index is 3.51. The van der Waals surface area contributed by atoms with Gasteiger partial charge in [0.05, 0.1) is 0 Å². The fourth-order valence-corrected chi connectivity index (χ4v) is 2.21. The van der Waals surface area contributed by atoms with Crippen molar-refractivity contribution in [2.45, 2.75) is 47.0 Å². The van der Waals surface area contributed by atoms with Crippen LogP contribution in [-0.4, -0.2) is 0 Å². The minimum Gasteiger partial charge on any atom is -0.0593 e. The average Bonchev–Trinajstić information content (AvgIpc) is 2.00. The van der Waals surface area contributed by atoms with Gasteiger partial charge in [0.25, 0.3) is 0 Å². The molecule has 0 aliphatic heterocycles. The lowest BCUT2D eigenvalue weighted by Gasteiger charge is -2.40. The molecule has 0 heterocycles. The van der Waals surface area contributed by atoms with Gasteiger partial charge in [-0.25, -0.2) is 0 Å². The molecule has 0 aliphatic carbocycles. The zero-order valence-corrected chi connectivity index (χ0v) is 12.2. The fraction of sp³-hybridized carbons (Fsp3) is 0.571. The molecule has 15 heavy (non-hydrogen) atoms. The van der Waals surface area contributed by atoms with Gasteiger partial charge in [-0.1, -0.05) is 56.6 Å². The van der Waals surface area contributed by atoms with E-state index in [9.17, 15) is 0 Å². The van der Waals surface area contributed by atoms with Crippen molar-refractivity contribution in [3.05, 3.63) is 33.8 Å². The largest absolute Gasteiger partial charge is 0.0593 e. The van der Waals surface area contributed by atoms with Crippen molar-refractivity contribution >= 4 is 15.9 Å². The van der Waals surface area contributed by atoms with Crippen molar-refractivity contribution in [2.75, 3.05) is 0 Å². The number of halogens is 1. The minimum absolute atomic E-state index is 0.192. The monoisotopic (exact) mass is 268 g/mol. The van der Waals surface area contributed by atoms with Crippen LogP contribution in [0.1, 0.15) is 45.7 Å². The third-order valence-electron chi connectivity index (χ3n) is 3.74. The highest BCUT2D eigenvalue weighted by Gasteiger charge is 2.35. The predicted octanol–water partition coefficient (Wildman–Crippen LogP) is 5.08. The van der Waals surface area contributed by atoms with Gasteiger partial charge in [0.15, 0.2) is 0 Å². The normalized spacial score (nSPS) is 13.0. The van der Waals surface area contributed by atoms with Crippen molar-refractivity contribution < 1.29 is 0 Å². The summed E-state index contributed by atoms with van der Waals surface area (Å²) in [6, 6.07) is 6.57. The van der Waals surface area contributed by atoms with Crippen LogP contribution < -0.4 is 0 Å². The maximum Gasteiger partial charge on any atom is 0.0178 e. The highest BCUT2D eigenvalue weighted by molar-refractivity contribution is 9.10. The smallest absolute Gasteiger partial charge is 0.0178 e. The summed E-state index contributed by atoms with van der Waals surface area (Å²) in [7, 11) is 0. The highest BCUT2D eigenvalue weighted by Crippen LogP contribution is 2.42. The van der Waals surface area contributed by atoms with Crippen LogP contribution in [0.3, 0.4) is 0 Å². The van der Waals surface area contributed by atoms with Crippen molar-refractivity contribution in [3.8, 4) is 0 Å². The fourth-order valence-electron chi connectivity index (χ4n) is 1.73. The van der Waals surface area contributed by atoms with E-state index in [4.69, 9.17) is 0 Å². The number of rotatable bonds is 1. The molecule has 0 saturated heterocycles. The molecular formula is C14H21Br. The first-order valence-corrected chi connectivity index (χ1v) is 6.22. The van der Waals surface area contributed by atoms with Crippen LogP contribution in [0.25, 0.3) is 0 Å². The zero-order valence-electron chi connectivity index (χ0n) is 10.6. The molecular weight excluding hydrogens is 248 g/mol. The minimum atomic E-state index is 0.192. The van der Waals surface area contributed by atoms with E-state index in [0.29, 0.717) is 0 Å². The summed E-state index contributed by atoms with van der Waals surface area (Å²) >= 11 is 3.51. The first kappa shape index (κ1) is 12.8. The van der Waals surface area contributed by atoms with Gasteiger partial charge in [-0.05, 0) is 41.0 Å². The SMILES string of the molecule is Cc1cc(Br)ccc1C(C)(C)C(C)(C)C. The second kappa shape index (κ2) is 3.93. The van der Waals surface area contributed by atoms with Gasteiger partial charge in [0.2, 0.25) is 0 Å². The Bertz CT molecular complexity index is 356. The molecule has 1 aromatic rings. The van der Waals surface area contributed by atoms with E-state index in [1.165, 1.54) is 11.1 Å². The second-order valence-electron chi connectivity index (χ2n) is 5.83. The topological polar surface area (TPSA) is 0 Å². The lowest BCUT2D eigenvalue weighted by Crippen LogP contribution is -2.34. The molecule has 0 N–H and O–H groups in total. The molecule has 1 heteroatoms. The summed E-state index contributed by atoms with van der Waals surface area (Å²) in [5, 5.41) is 0. The van der Waals surface area contributed by atoms with E-state index < -0.39 is 0 Å². The van der Waals surface area contributed by atoms with E-state index in [1.54, 1.807) is 0 Å². The Kier molecular flexibility index (Phi) is 3.35. The van der Waals surface area contributed by atoms with Gasteiger partial charge in [0.1, 0.15) is 0 Å². The Morgan fingerprint density at radius 3 is 1.93 bits per heavy atom. The van der Waals surface area contributed by atoms with Crippen LogP contribution >= 0.6 is 15.9 Å². The average molecular weight is 269 g/mol. The van der Waals surface area contributed by atoms with Gasteiger partial charge < -0.3 is 0 Å². The number of aryl methyl sites for hydroxylation is 1. The number of hydrogen-bond acceptors (Lipinski definition) is 0. The van der Waals surface area contributed by atoms with Crippen LogP contribution in [0.5, 0.6) is 0 Å². The van der Waals surface area contributed by atoms with Gasteiger partial charge in [-0.15, -0.1) is 0 Å². The summed E-state index contributed by atoms with van der Waals surface area (Å²) in [6.45, 7) is 13.7. The molecule has 0 radical (unpaired) electrons. The lowest BCUT2D eigenvalue weighted by atomic mass is 9.64. The summed E-state index contributed by atoms with van der Waals surface area (Å²) in [6.07, 6.45) is 0. The van der Waals surface area contributed by atoms with Crippen LogP contribution in [-0.2, 0) is 5.41 Å². The Morgan fingerprint density at radius 1 is 1.00 bits per heavy atom. The Hall–Kier alpha value is -0.300. The molecule has 0 fully saturated rings. The summed E-state index contributed by atoms with van der Waals surface area (Å²) in [5.74, 6) is 0. The van der Waals surface area contributed by atoms with E-state index in [2.05, 4.69) is 75.7 Å². The summed E-state index contributed by atoms with van der Waals surface area (Å²) in [5.41, 5.74) is 3.27. The van der Waals surface area contributed by atoms with Gasteiger partial charge >= 0.3 is 0 Å². The third kappa shape index (κ3) is 2.44. The zero-order chi connectivity index (χ0) is 11.9. The number of hydrogen-bond donors (Lipinski definition) is 0. The van der Waals surface area contributed by atoms with E-state index in [-0.39, 0.29) is 10.8 Å². The molecule has 0 aliphatic rings. The molecule has 0 bridgehead atoms. The van der Waals surface area contributed by atoms with Crippen LogP contribution in [0.2, 0.25) is 0 Å². The molecule has 0 unspecified atom stereocenters. The Labute approximate surface area is 102 Å². The number of benzene rings is 1. The third-order valence-corrected chi connectivity index (χ3v) is 4.23. The summed E-state index contributed by atoms with van der Waals surface area (Å²) in [4.78, 5) is 0. The predicted molar refractivity (Wildman–Crippen MR) is 71.4 cm³/mol. The van der Waals surface area contributed by atoms with E-state index >= 15 is 0 Å². The van der Waals surface area contributed by atoms with Crippen LogP contribution in [0.15, 0.2) is 22.7 Å². The quantitative estimate of drug-likeness (QED) is 0.666. The Morgan fingerprint density at radius 2 is 1.53 bits per heavy atom. The molecule has 0 amide bonds. The molecule has 0 aromatic heterocycles. The molecule has 0 nitrogen and oxygen atoms in total. The molecule has 0 saturated carbocycles. The van der Waals surface area contributed by atoms with Gasteiger partial charge in [-0.3, -0.25) is 0 Å². The first-order chi connectivity index (χ1) is 6.66. The summed E-state index contributed by atoms with van der Waals surface area (Å²) < 4.78 is 1.16. The van der Waals surface area contributed by atoms with E-state index in [1.807, 2.05) is 0 Å². The molecule has 0 spiro atoms. The van der Waals surface area contributed by atoms with Gasteiger partial charge in [0, 0.05) is 4.47 Å². The van der Waals surface area contributed by atoms with Crippen LogP contribution in [0, 0.1) is 12.3 Å². The van der Waals surface area contributed by atoms with Crippen molar-refractivity contribution in [3.63, 3.8) is 0 Å². The first-order valence-electron chi connectivity index (χ1n) is 5.43. The lowest BCUT2D eigenvalue weighted by molar-refractivity contribution is 0.224. The van der Waals surface area contributed by atoms with Crippen LogP contribution in [0.4, 0.5) is 0 Å². The van der Waals surface area contributed by atoms with Crippen molar-refractivity contribution in [1.29, 1.82) is 0 Å². The van der Waals surface area contributed by atoms with Gasteiger partial charge in [-0.2, -0.15) is 0 Å². The molecule has 0 atom stereocenters. The second-order valence-corrected chi connectivity index (χ2v) is 6.75.